The highest BCUT2D eigenvalue weighted by Crippen LogP contribution is 2.40. The third kappa shape index (κ3) is 4.16. The second kappa shape index (κ2) is 8.43. The Bertz CT molecular complexity index is 1160. The van der Waals surface area contributed by atoms with E-state index in [0.717, 1.165) is 22.3 Å². The number of hydrogen-bond donors (Lipinski definition) is 2. The van der Waals surface area contributed by atoms with E-state index in [0.29, 0.717) is 13.0 Å². The van der Waals surface area contributed by atoms with E-state index in [1.807, 2.05) is 19.1 Å². The molecule has 0 bridgehead atoms. The molecule has 0 heterocycles. The molecular weight excluding hydrogens is 366 g/mol. The summed E-state index contributed by atoms with van der Waals surface area (Å²) in [6.07, 6.45) is 0.565. The average molecular weight is 396 g/mol. The van der Waals surface area contributed by atoms with Gasteiger partial charge in [-0.2, -0.15) is 0 Å². The van der Waals surface area contributed by atoms with Gasteiger partial charge in [0.2, 0.25) is 0 Å². The fourth-order valence-electron chi connectivity index (χ4n) is 4.61. The van der Waals surface area contributed by atoms with Crippen LogP contribution in [0, 0.1) is 6.92 Å². The van der Waals surface area contributed by atoms with E-state index < -0.39 is 5.60 Å². The lowest BCUT2D eigenvalue weighted by molar-refractivity contribution is 0.0435. The van der Waals surface area contributed by atoms with Crippen LogP contribution in [0.3, 0.4) is 0 Å². The molecule has 30 heavy (non-hydrogen) atoms. The highest BCUT2D eigenvalue weighted by molar-refractivity contribution is 5.86. The summed E-state index contributed by atoms with van der Waals surface area (Å²) >= 11 is 0. The lowest BCUT2D eigenvalue weighted by Gasteiger charge is -2.35. The van der Waals surface area contributed by atoms with E-state index in [2.05, 4.69) is 85.8 Å². The lowest BCUT2D eigenvalue weighted by Crippen LogP contribution is -2.36. The average Bonchev–Trinajstić information content (AvgIpc) is 2.74. The summed E-state index contributed by atoms with van der Waals surface area (Å²) in [4.78, 5) is 0. The summed E-state index contributed by atoms with van der Waals surface area (Å²) in [6.45, 7) is 4.53. The molecule has 0 radical (unpaired) electrons. The highest BCUT2D eigenvalue weighted by atomic mass is 16.3. The number of rotatable bonds is 6. The number of aryl methyl sites for hydroxylation is 1. The molecule has 0 aliphatic carbocycles. The Morgan fingerprint density at radius 1 is 0.833 bits per heavy atom. The molecule has 0 saturated heterocycles. The molecule has 4 aromatic rings. The minimum atomic E-state index is -0.981. The molecule has 0 aliphatic heterocycles. The summed E-state index contributed by atoms with van der Waals surface area (Å²) in [5, 5.41) is 14.3. The molecule has 0 fully saturated rings. The van der Waals surface area contributed by atoms with Gasteiger partial charge in [-0.1, -0.05) is 96.6 Å². The molecule has 0 aliphatic rings. The summed E-state index contributed by atoms with van der Waals surface area (Å²) in [7, 11) is 0. The van der Waals surface area contributed by atoms with Crippen molar-refractivity contribution >= 4 is 10.8 Å². The second-order valence-electron chi connectivity index (χ2n) is 8.47. The van der Waals surface area contributed by atoms with Gasteiger partial charge in [0.15, 0.2) is 0 Å². The molecule has 0 spiro atoms. The third-order valence-electron chi connectivity index (χ3n) is 5.92. The van der Waals surface area contributed by atoms with E-state index in [1.54, 1.807) is 0 Å². The van der Waals surface area contributed by atoms with Crippen molar-refractivity contribution in [2.45, 2.75) is 38.3 Å². The van der Waals surface area contributed by atoms with E-state index in [4.69, 9.17) is 5.73 Å². The molecule has 2 nitrogen and oxygen atoms in total. The van der Waals surface area contributed by atoms with Crippen LogP contribution in [0.4, 0.5) is 0 Å². The van der Waals surface area contributed by atoms with Gasteiger partial charge in [0.1, 0.15) is 0 Å². The zero-order valence-corrected chi connectivity index (χ0v) is 17.7. The largest absolute Gasteiger partial charge is 0.389 e. The number of fused-ring (bicyclic) bond motifs is 1. The maximum atomic E-state index is 11.9. The van der Waals surface area contributed by atoms with E-state index in [9.17, 15) is 5.11 Å². The van der Waals surface area contributed by atoms with Crippen LogP contribution in [0.5, 0.6) is 0 Å². The monoisotopic (exact) mass is 395 g/mol. The number of benzene rings is 4. The maximum Gasteiger partial charge on any atom is 0.0768 e. The van der Waals surface area contributed by atoms with Gasteiger partial charge in [-0.15, -0.1) is 0 Å². The van der Waals surface area contributed by atoms with Crippen molar-refractivity contribution in [3.05, 3.63) is 119 Å². The van der Waals surface area contributed by atoms with Crippen molar-refractivity contribution in [3.63, 3.8) is 0 Å². The quantitative estimate of drug-likeness (QED) is 0.438. The molecule has 0 amide bonds. The van der Waals surface area contributed by atoms with Crippen LogP contribution < -0.4 is 5.73 Å². The van der Waals surface area contributed by atoms with Gasteiger partial charge in [-0.05, 0) is 46.9 Å². The van der Waals surface area contributed by atoms with Crippen LogP contribution in [0.15, 0.2) is 91.0 Å². The van der Waals surface area contributed by atoms with Gasteiger partial charge in [0.05, 0.1) is 5.60 Å². The van der Waals surface area contributed by atoms with Gasteiger partial charge >= 0.3 is 0 Å². The zero-order valence-electron chi connectivity index (χ0n) is 17.7. The fraction of sp³-hybridized carbons (Fsp3) is 0.214. The molecule has 4 rings (SSSR count). The Kier molecular flexibility index (Phi) is 5.72. The molecule has 0 aromatic heterocycles. The van der Waals surface area contributed by atoms with Crippen molar-refractivity contribution in [3.8, 4) is 0 Å². The van der Waals surface area contributed by atoms with Crippen molar-refractivity contribution in [2.24, 2.45) is 5.73 Å². The molecule has 3 N–H and O–H groups in total. The van der Waals surface area contributed by atoms with Crippen LogP contribution in [-0.4, -0.2) is 10.7 Å². The van der Waals surface area contributed by atoms with Crippen LogP contribution in [0.2, 0.25) is 0 Å². The Labute approximate surface area is 179 Å². The standard InChI is InChI=1S/C28H29NO/c1-20-8-5-9-21(16-20)18-28(2,30)27(24-13-6-10-22(17-24)19-29)26-15-7-12-23-11-3-4-14-25(23)26/h3-17,27,30H,18-19,29H2,1-2H3. The smallest absolute Gasteiger partial charge is 0.0768 e. The van der Waals surface area contributed by atoms with Gasteiger partial charge < -0.3 is 10.8 Å². The Morgan fingerprint density at radius 2 is 1.53 bits per heavy atom. The van der Waals surface area contributed by atoms with Gasteiger partial charge in [0.25, 0.3) is 0 Å². The first-order valence-electron chi connectivity index (χ1n) is 10.5. The van der Waals surface area contributed by atoms with Crippen molar-refractivity contribution in [1.29, 1.82) is 0 Å². The highest BCUT2D eigenvalue weighted by Gasteiger charge is 2.35. The topological polar surface area (TPSA) is 46.2 Å². The van der Waals surface area contributed by atoms with Crippen LogP contribution in [0.1, 0.15) is 40.7 Å². The van der Waals surface area contributed by atoms with Gasteiger partial charge in [-0.25, -0.2) is 0 Å². The molecule has 152 valence electrons. The fourth-order valence-corrected chi connectivity index (χ4v) is 4.61. The second-order valence-corrected chi connectivity index (χ2v) is 8.47. The third-order valence-corrected chi connectivity index (χ3v) is 5.92. The van der Waals surface area contributed by atoms with Gasteiger partial charge in [-0.3, -0.25) is 0 Å². The first kappa shape index (κ1) is 20.3. The van der Waals surface area contributed by atoms with Gasteiger partial charge in [0, 0.05) is 18.9 Å². The molecule has 2 unspecified atom stereocenters. The molecule has 2 atom stereocenters. The normalized spacial score (nSPS) is 14.4. The summed E-state index contributed by atoms with van der Waals surface area (Å²) < 4.78 is 0. The van der Waals surface area contributed by atoms with Crippen LogP contribution in [-0.2, 0) is 13.0 Å². The lowest BCUT2D eigenvalue weighted by atomic mass is 9.74. The zero-order chi connectivity index (χ0) is 21.1. The Hall–Kier alpha value is -2.94. The van der Waals surface area contributed by atoms with Crippen molar-refractivity contribution in [1.82, 2.24) is 0 Å². The number of hydrogen-bond acceptors (Lipinski definition) is 2. The molecule has 0 saturated carbocycles. The Morgan fingerprint density at radius 3 is 2.33 bits per heavy atom. The molecular formula is C28H29NO. The maximum absolute atomic E-state index is 11.9. The van der Waals surface area contributed by atoms with Crippen molar-refractivity contribution < 1.29 is 5.11 Å². The predicted molar refractivity (Wildman–Crippen MR) is 126 cm³/mol. The molecule has 2 heteroatoms. The first-order chi connectivity index (χ1) is 14.5. The molecule has 4 aromatic carbocycles. The first-order valence-corrected chi connectivity index (χ1v) is 10.5. The van der Waals surface area contributed by atoms with E-state index >= 15 is 0 Å². The minimum absolute atomic E-state index is 0.185. The summed E-state index contributed by atoms with van der Waals surface area (Å²) in [6, 6.07) is 31.5. The van der Waals surface area contributed by atoms with Crippen molar-refractivity contribution in [2.75, 3.05) is 0 Å². The number of aliphatic hydroxyl groups is 1. The van der Waals surface area contributed by atoms with Crippen LogP contribution in [0.25, 0.3) is 10.8 Å². The minimum Gasteiger partial charge on any atom is -0.389 e. The van der Waals surface area contributed by atoms with Crippen LogP contribution >= 0.6 is 0 Å². The summed E-state index contributed by atoms with van der Waals surface area (Å²) in [5.41, 5.74) is 10.6. The van der Waals surface area contributed by atoms with E-state index in [-0.39, 0.29) is 5.92 Å². The Balaban J connectivity index is 1.88. The number of nitrogens with two attached hydrogens (primary N) is 1. The predicted octanol–water partition coefficient (Wildman–Crippen LogP) is 5.73. The summed E-state index contributed by atoms with van der Waals surface area (Å²) in [5.74, 6) is -0.185. The van der Waals surface area contributed by atoms with E-state index in [1.165, 1.54) is 16.3 Å². The SMILES string of the molecule is Cc1cccc(CC(C)(O)C(c2cccc(CN)c2)c2cccc3ccccc23)c1.